The summed E-state index contributed by atoms with van der Waals surface area (Å²) >= 11 is 0. The molecular weight excluding hydrogens is 733 g/mol. The maximum Gasteiger partial charge on any atom is 0.261 e. The lowest BCUT2D eigenvalue weighted by atomic mass is 10.0. The highest BCUT2D eigenvalue weighted by Gasteiger charge is 2.49. The van der Waals surface area contributed by atoms with E-state index in [2.05, 4.69) is 125 Å². The van der Waals surface area contributed by atoms with Gasteiger partial charge < -0.3 is 4.43 Å². The molecule has 3 rings (SSSR count). The van der Waals surface area contributed by atoms with Crippen molar-refractivity contribution in [1.29, 1.82) is 0 Å². The largest absolute Gasteiger partial charge is 0.407 e. The average Bonchev–Trinajstić information content (AvgIpc) is 3.22. The Balaban J connectivity index is 1.32. The fourth-order valence-corrected chi connectivity index (χ4v) is 14.5. The van der Waals surface area contributed by atoms with Crippen molar-refractivity contribution in [3.63, 3.8) is 0 Å². The van der Waals surface area contributed by atoms with Crippen LogP contribution in [-0.4, -0.2) is 28.6 Å². The summed E-state index contributed by atoms with van der Waals surface area (Å²) in [6.45, 7) is 10.1. The lowest BCUT2D eigenvalue weighted by Crippen LogP contribution is -2.66. The molecule has 0 aromatic heterocycles. The number of unbranched alkanes of at least 4 members (excludes halogenated alkanes) is 14. The van der Waals surface area contributed by atoms with Gasteiger partial charge in [-0.25, -0.2) is 8.42 Å². The molecule has 0 spiro atoms. The van der Waals surface area contributed by atoms with E-state index in [4.69, 9.17) is 4.43 Å². The molecule has 57 heavy (non-hydrogen) atoms. The molecule has 1 atom stereocenters. The zero-order valence-corrected chi connectivity index (χ0v) is 38.2. The molecule has 1 unspecified atom stereocenters. The molecule has 0 aliphatic rings. The summed E-state index contributed by atoms with van der Waals surface area (Å²) in [6.07, 6.45) is 37.1. The van der Waals surface area contributed by atoms with Crippen LogP contribution >= 0.6 is 0 Å². The predicted octanol–water partition coefficient (Wildman–Crippen LogP) is 14.3. The van der Waals surface area contributed by atoms with Gasteiger partial charge in [0.15, 0.2) is 9.84 Å². The van der Waals surface area contributed by atoms with Gasteiger partial charge in [-0.1, -0.05) is 220 Å². The second kappa shape index (κ2) is 28.4. The molecule has 314 valence electrons. The van der Waals surface area contributed by atoms with E-state index in [0.29, 0.717) is 4.90 Å². The molecule has 0 radical (unpaired) electrons. The first-order chi connectivity index (χ1) is 27.7. The van der Waals surface area contributed by atoms with Gasteiger partial charge in [-0.15, -0.1) is 0 Å². The van der Waals surface area contributed by atoms with Crippen LogP contribution in [0.4, 0.5) is 0 Å². The molecule has 0 fully saturated rings. The molecule has 0 bridgehead atoms. The van der Waals surface area contributed by atoms with E-state index in [1.807, 2.05) is 18.2 Å². The molecule has 0 saturated carbocycles. The first kappa shape index (κ1) is 48.4. The summed E-state index contributed by atoms with van der Waals surface area (Å²) < 4.78 is 34.4. The zero-order chi connectivity index (χ0) is 40.9. The average molecular weight is 811 g/mol. The van der Waals surface area contributed by atoms with Crippen molar-refractivity contribution in [2.45, 2.75) is 178 Å². The molecule has 0 N–H and O–H groups in total. The van der Waals surface area contributed by atoms with Gasteiger partial charge in [-0.3, -0.25) is 0 Å². The standard InChI is InChI=1S/C52H78O3SSi/c1-5-6-7-8-9-10-11-12-13-14-15-16-18-21-24-30-39-48(56(53,54)49-41-32-27-33-42-49)40-31-25-22-19-17-20-23-26-38-47-55-57(52(2,3)4,50-43-34-28-35-44-50)51-45-36-29-37-46-51/h9-10,12-13,15-16,27-29,32-37,41-46,48H,5-8,11,14,17-26,30-31,38-40,47H2,1-4H3/b10-9-,13-12-,16-15-. The van der Waals surface area contributed by atoms with Crippen LogP contribution in [0.25, 0.3) is 0 Å². The highest BCUT2D eigenvalue weighted by molar-refractivity contribution is 7.92. The Labute approximate surface area is 351 Å². The molecule has 3 aromatic rings. The number of rotatable bonds is 31. The van der Waals surface area contributed by atoms with E-state index < -0.39 is 18.2 Å². The van der Waals surface area contributed by atoms with E-state index in [0.717, 1.165) is 77.2 Å². The summed E-state index contributed by atoms with van der Waals surface area (Å²) in [6, 6.07) is 31.0. The van der Waals surface area contributed by atoms with Crippen molar-refractivity contribution < 1.29 is 12.8 Å². The lowest BCUT2D eigenvalue weighted by Gasteiger charge is -2.43. The third kappa shape index (κ3) is 17.8. The normalized spacial score (nSPS) is 13.3. The number of sulfone groups is 1. The van der Waals surface area contributed by atoms with Gasteiger partial charge in [0.2, 0.25) is 0 Å². The molecule has 0 amide bonds. The van der Waals surface area contributed by atoms with Crippen molar-refractivity contribution in [3.8, 4) is 0 Å². The Hall–Kier alpha value is -2.99. The Morgan fingerprint density at radius 1 is 0.526 bits per heavy atom. The van der Waals surface area contributed by atoms with E-state index >= 15 is 0 Å². The summed E-state index contributed by atoms with van der Waals surface area (Å²) in [4.78, 5) is 0.481. The monoisotopic (exact) mass is 811 g/mol. The fraction of sp³-hybridized carbons (Fsp3) is 0.538. The summed E-state index contributed by atoms with van der Waals surface area (Å²) in [7, 11) is -5.77. The van der Waals surface area contributed by atoms with Crippen LogP contribution < -0.4 is 10.4 Å². The second-order valence-corrected chi connectivity index (χ2v) is 23.5. The highest BCUT2D eigenvalue weighted by Crippen LogP contribution is 2.37. The quantitative estimate of drug-likeness (QED) is 0.0369. The number of benzene rings is 3. The van der Waals surface area contributed by atoms with E-state index in [9.17, 15) is 8.42 Å². The summed E-state index contributed by atoms with van der Waals surface area (Å²) in [5, 5.41) is 2.43. The van der Waals surface area contributed by atoms with Gasteiger partial charge in [0.05, 0.1) is 10.1 Å². The topological polar surface area (TPSA) is 43.4 Å². The second-order valence-electron chi connectivity index (χ2n) is 17.0. The van der Waals surface area contributed by atoms with Gasteiger partial charge in [0, 0.05) is 6.61 Å². The first-order valence-corrected chi connectivity index (χ1v) is 26.2. The van der Waals surface area contributed by atoms with Crippen LogP contribution in [0.15, 0.2) is 132 Å². The number of hydrogen-bond donors (Lipinski definition) is 0. The molecule has 5 heteroatoms. The van der Waals surface area contributed by atoms with Gasteiger partial charge in [-0.2, -0.15) is 0 Å². The fourth-order valence-electron chi connectivity index (χ4n) is 8.06. The van der Waals surface area contributed by atoms with Crippen molar-refractivity contribution in [3.05, 3.63) is 127 Å². The van der Waals surface area contributed by atoms with Crippen molar-refractivity contribution in [2.24, 2.45) is 0 Å². The van der Waals surface area contributed by atoms with Gasteiger partial charge in [0.1, 0.15) is 0 Å². The molecule has 0 heterocycles. The SMILES string of the molecule is CCCCC/C=C\C/C=C\C/C=C\CCCCCC(CCCCCCCCCCCO[Si](c1ccccc1)(c1ccccc1)C(C)(C)C)S(=O)(=O)c1ccccc1. The van der Waals surface area contributed by atoms with Gasteiger partial charge >= 0.3 is 0 Å². The smallest absolute Gasteiger partial charge is 0.261 e. The van der Waals surface area contributed by atoms with E-state index in [1.54, 1.807) is 12.1 Å². The van der Waals surface area contributed by atoms with Crippen molar-refractivity contribution >= 4 is 28.5 Å². The lowest BCUT2D eigenvalue weighted by molar-refractivity contribution is 0.286. The Morgan fingerprint density at radius 3 is 1.40 bits per heavy atom. The Morgan fingerprint density at radius 2 is 0.930 bits per heavy atom. The maximum atomic E-state index is 13.7. The minimum Gasteiger partial charge on any atom is -0.407 e. The Kier molecular flexibility index (Phi) is 24.1. The Bertz CT molecular complexity index is 1590. The molecular formula is C52H78O3SSi. The van der Waals surface area contributed by atoms with Crippen LogP contribution in [-0.2, 0) is 14.3 Å². The highest BCUT2D eigenvalue weighted by atomic mass is 32.2. The van der Waals surface area contributed by atoms with Crippen LogP contribution in [0, 0.1) is 0 Å². The molecule has 0 aliphatic heterocycles. The van der Waals surface area contributed by atoms with Crippen molar-refractivity contribution in [2.75, 3.05) is 6.61 Å². The number of allylic oxidation sites excluding steroid dienone is 6. The summed E-state index contributed by atoms with van der Waals surface area (Å²) in [5.74, 6) is 0. The minimum atomic E-state index is -3.32. The van der Waals surface area contributed by atoms with E-state index in [-0.39, 0.29) is 10.3 Å². The third-order valence-corrected chi connectivity index (χ3v) is 18.7. The number of hydrogen-bond acceptors (Lipinski definition) is 3. The van der Waals surface area contributed by atoms with Crippen LogP contribution in [0.2, 0.25) is 5.04 Å². The maximum absolute atomic E-state index is 13.7. The van der Waals surface area contributed by atoms with Gasteiger partial charge in [0.25, 0.3) is 8.32 Å². The van der Waals surface area contributed by atoms with Crippen LogP contribution in [0.3, 0.4) is 0 Å². The van der Waals surface area contributed by atoms with Gasteiger partial charge in [-0.05, 0) is 85.3 Å². The van der Waals surface area contributed by atoms with Crippen molar-refractivity contribution in [1.82, 2.24) is 0 Å². The molecule has 0 saturated heterocycles. The minimum absolute atomic E-state index is 0.0157. The zero-order valence-electron chi connectivity index (χ0n) is 36.4. The van der Waals surface area contributed by atoms with Crippen LogP contribution in [0.1, 0.15) is 163 Å². The molecule has 0 aliphatic carbocycles. The van der Waals surface area contributed by atoms with Crippen LogP contribution in [0.5, 0.6) is 0 Å². The predicted molar refractivity (Wildman–Crippen MR) is 251 cm³/mol. The molecule has 3 nitrogen and oxygen atoms in total. The summed E-state index contributed by atoms with van der Waals surface area (Å²) in [5.41, 5.74) is 0. The first-order valence-electron chi connectivity index (χ1n) is 22.7. The van der Waals surface area contributed by atoms with E-state index in [1.165, 1.54) is 74.6 Å². The molecule has 3 aromatic carbocycles. The third-order valence-electron chi connectivity index (χ3n) is 11.3.